The van der Waals surface area contributed by atoms with Gasteiger partial charge in [0.05, 0.1) is 31.2 Å². The molecule has 8 heteroatoms. The standard InChI is InChI=1S/C30H53N2O5S/c1-3-4-5-6-7-8-9-10-11-12-13-14-15-16-20-35-23-28-22-29(36-24-28)25-37-30(34)32(27(2)33)18-17-31-19-21-38-26-31/h19,21,26,28-29H,3-18,20,22-25H2,1-2H3/q+1/t28-,29-/m1/s1. The summed E-state index contributed by atoms with van der Waals surface area (Å²) in [7, 11) is 0. The summed E-state index contributed by atoms with van der Waals surface area (Å²) in [5, 5.41) is 1.95. The molecule has 2 heterocycles. The zero-order valence-electron chi connectivity index (χ0n) is 24.1. The van der Waals surface area contributed by atoms with Gasteiger partial charge in [-0.25, -0.2) is 9.69 Å². The average molecular weight is 554 g/mol. The van der Waals surface area contributed by atoms with E-state index in [2.05, 4.69) is 6.92 Å². The molecule has 0 aliphatic carbocycles. The van der Waals surface area contributed by atoms with Crippen molar-refractivity contribution in [3.8, 4) is 0 Å². The number of thiazole rings is 1. The smallest absolute Gasteiger partial charge is 0.416 e. The molecule has 0 radical (unpaired) electrons. The molecular formula is C30H53N2O5S+. The highest BCUT2D eigenvalue weighted by atomic mass is 32.1. The van der Waals surface area contributed by atoms with Gasteiger partial charge >= 0.3 is 6.09 Å². The lowest BCUT2D eigenvalue weighted by Gasteiger charge is -2.18. The molecule has 2 atom stereocenters. The zero-order valence-corrected chi connectivity index (χ0v) is 24.9. The van der Waals surface area contributed by atoms with Crippen LogP contribution in [-0.2, 0) is 25.5 Å². The number of carbonyl (C=O) groups excluding carboxylic acids is 2. The second-order valence-corrected chi connectivity index (χ2v) is 11.5. The number of rotatable bonds is 22. The first-order valence-electron chi connectivity index (χ1n) is 15.2. The van der Waals surface area contributed by atoms with Crippen LogP contribution in [0.3, 0.4) is 0 Å². The molecule has 1 saturated heterocycles. The van der Waals surface area contributed by atoms with Crippen LogP contribution >= 0.6 is 11.3 Å². The van der Waals surface area contributed by atoms with Crippen molar-refractivity contribution in [2.45, 2.75) is 123 Å². The van der Waals surface area contributed by atoms with Crippen LogP contribution in [0.2, 0.25) is 0 Å². The van der Waals surface area contributed by atoms with Gasteiger partial charge in [-0.3, -0.25) is 4.79 Å². The summed E-state index contributed by atoms with van der Waals surface area (Å²) in [6.07, 6.45) is 21.1. The molecule has 1 aromatic heterocycles. The number of carbonyl (C=O) groups is 2. The van der Waals surface area contributed by atoms with Gasteiger partial charge in [-0.15, -0.1) is 0 Å². The molecule has 218 valence electrons. The van der Waals surface area contributed by atoms with Gasteiger partial charge in [0.2, 0.25) is 11.4 Å². The maximum absolute atomic E-state index is 12.4. The van der Waals surface area contributed by atoms with Crippen molar-refractivity contribution >= 4 is 23.3 Å². The van der Waals surface area contributed by atoms with Crippen molar-refractivity contribution in [3.05, 3.63) is 17.1 Å². The summed E-state index contributed by atoms with van der Waals surface area (Å²) < 4.78 is 19.0. The van der Waals surface area contributed by atoms with Crippen LogP contribution in [0.4, 0.5) is 4.79 Å². The lowest BCUT2D eigenvalue weighted by atomic mass is 10.0. The van der Waals surface area contributed by atoms with Gasteiger partial charge in [0, 0.05) is 19.4 Å². The van der Waals surface area contributed by atoms with Crippen molar-refractivity contribution in [1.82, 2.24) is 4.90 Å². The first kappa shape index (κ1) is 32.7. The second kappa shape index (κ2) is 21.3. The molecule has 0 unspecified atom stereocenters. The lowest BCUT2D eigenvalue weighted by Crippen LogP contribution is -2.44. The second-order valence-electron chi connectivity index (χ2n) is 10.7. The quantitative estimate of drug-likeness (QED) is 0.115. The maximum Gasteiger partial charge on any atom is 0.416 e. The number of amides is 2. The molecule has 0 N–H and O–H groups in total. The van der Waals surface area contributed by atoms with Crippen LogP contribution < -0.4 is 4.57 Å². The van der Waals surface area contributed by atoms with Crippen LogP contribution in [0.15, 0.2) is 17.1 Å². The van der Waals surface area contributed by atoms with E-state index >= 15 is 0 Å². The number of aromatic nitrogens is 1. The predicted molar refractivity (Wildman–Crippen MR) is 152 cm³/mol. The van der Waals surface area contributed by atoms with Crippen molar-refractivity contribution in [3.63, 3.8) is 0 Å². The van der Waals surface area contributed by atoms with Gasteiger partial charge in [0.15, 0.2) is 12.7 Å². The van der Waals surface area contributed by atoms with E-state index in [1.807, 2.05) is 21.7 Å². The van der Waals surface area contributed by atoms with Crippen molar-refractivity contribution in [2.75, 3.05) is 33.0 Å². The first-order valence-corrected chi connectivity index (χ1v) is 16.1. The predicted octanol–water partition coefficient (Wildman–Crippen LogP) is 6.92. The Labute approximate surface area is 235 Å². The number of hydrogen-bond donors (Lipinski definition) is 0. The number of imide groups is 1. The normalized spacial score (nSPS) is 17.1. The summed E-state index contributed by atoms with van der Waals surface area (Å²) in [5.41, 5.74) is 1.94. The van der Waals surface area contributed by atoms with Crippen molar-refractivity contribution in [2.24, 2.45) is 5.92 Å². The fourth-order valence-corrected chi connectivity index (χ4v) is 5.51. The summed E-state index contributed by atoms with van der Waals surface area (Å²) >= 11 is 1.57. The zero-order chi connectivity index (χ0) is 27.3. The Morgan fingerprint density at radius 2 is 1.58 bits per heavy atom. The van der Waals surface area contributed by atoms with E-state index in [4.69, 9.17) is 14.2 Å². The summed E-state index contributed by atoms with van der Waals surface area (Å²) in [4.78, 5) is 25.5. The van der Waals surface area contributed by atoms with E-state index in [0.717, 1.165) is 24.3 Å². The molecule has 0 bridgehead atoms. The number of ether oxygens (including phenoxy) is 3. The van der Waals surface area contributed by atoms with E-state index in [1.54, 1.807) is 11.3 Å². The Bertz CT molecular complexity index is 730. The van der Waals surface area contributed by atoms with Crippen molar-refractivity contribution in [1.29, 1.82) is 0 Å². The Balaban J connectivity index is 1.39. The Morgan fingerprint density at radius 1 is 0.947 bits per heavy atom. The minimum atomic E-state index is -0.602. The minimum absolute atomic E-state index is 0.131. The Kier molecular flexibility index (Phi) is 18.4. The van der Waals surface area contributed by atoms with E-state index in [9.17, 15) is 9.59 Å². The number of nitrogens with zero attached hydrogens (tertiary/aromatic N) is 2. The molecule has 2 amide bonds. The summed E-state index contributed by atoms with van der Waals surface area (Å²) in [6, 6.07) is 0. The van der Waals surface area contributed by atoms with E-state index in [-0.39, 0.29) is 25.2 Å². The maximum atomic E-state index is 12.4. The fraction of sp³-hybridized carbons (Fsp3) is 0.833. The van der Waals surface area contributed by atoms with Gasteiger partial charge < -0.3 is 14.2 Å². The number of hydrogen-bond acceptors (Lipinski definition) is 6. The highest BCUT2D eigenvalue weighted by Crippen LogP contribution is 2.21. The molecule has 0 aromatic carbocycles. The van der Waals surface area contributed by atoms with Crippen LogP contribution in [0, 0.1) is 5.92 Å². The Hall–Kier alpha value is -1.51. The van der Waals surface area contributed by atoms with Crippen LogP contribution in [0.5, 0.6) is 0 Å². The van der Waals surface area contributed by atoms with Crippen LogP contribution in [-0.4, -0.2) is 56.0 Å². The van der Waals surface area contributed by atoms with E-state index in [1.165, 1.54) is 90.4 Å². The van der Waals surface area contributed by atoms with Gasteiger partial charge in [0.25, 0.3) is 0 Å². The van der Waals surface area contributed by atoms with Crippen LogP contribution in [0.25, 0.3) is 0 Å². The molecule has 1 aromatic rings. The van der Waals surface area contributed by atoms with Crippen LogP contribution in [0.1, 0.15) is 110 Å². The number of unbranched alkanes of at least 4 members (excludes halogenated alkanes) is 13. The molecule has 2 rings (SSSR count). The fourth-order valence-electron chi connectivity index (χ4n) is 4.88. The first-order chi connectivity index (χ1) is 18.6. The van der Waals surface area contributed by atoms with Gasteiger partial charge in [0.1, 0.15) is 6.61 Å². The molecule has 38 heavy (non-hydrogen) atoms. The average Bonchev–Trinajstić information content (AvgIpc) is 3.59. The molecule has 0 saturated carbocycles. The molecule has 1 fully saturated rings. The monoisotopic (exact) mass is 553 g/mol. The third kappa shape index (κ3) is 15.2. The lowest BCUT2D eigenvalue weighted by molar-refractivity contribution is -0.691. The van der Waals surface area contributed by atoms with E-state index in [0.29, 0.717) is 25.7 Å². The SMILES string of the molecule is CCCCCCCCCCCCCCCCOC[C@@H]1CO[C@@H](COC(=O)N(CC[n+]2ccsc2)C(C)=O)C1. The molecule has 7 nitrogen and oxygen atoms in total. The largest absolute Gasteiger partial charge is 0.446 e. The van der Waals surface area contributed by atoms with Gasteiger partial charge in [-0.05, 0) is 12.8 Å². The highest BCUT2D eigenvalue weighted by Gasteiger charge is 2.28. The third-order valence-corrected chi connectivity index (χ3v) is 7.93. The summed E-state index contributed by atoms with van der Waals surface area (Å²) in [6.45, 7) is 6.81. The highest BCUT2D eigenvalue weighted by molar-refractivity contribution is 7.07. The van der Waals surface area contributed by atoms with Gasteiger partial charge in [-0.1, -0.05) is 102 Å². The Morgan fingerprint density at radius 3 is 2.16 bits per heavy atom. The topological polar surface area (TPSA) is 69.0 Å². The molecule has 1 aliphatic heterocycles. The molecule has 1 aliphatic rings. The molecular weight excluding hydrogens is 500 g/mol. The molecule has 0 spiro atoms. The summed E-state index contributed by atoms with van der Waals surface area (Å²) in [5.74, 6) is 0.0252. The van der Waals surface area contributed by atoms with E-state index < -0.39 is 6.09 Å². The third-order valence-electron chi connectivity index (χ3n) is 7.26. The van der Waals surface area contributed by atoms with Gasteiger partial charge in [-0.2, -0.15) is 4.57 Å². The van der Waals surface area contributed by atoms with Crippen molar-refractivity contribution < 1.29 is 28.4 Å². The minimum Gasteiger partial charge on any atom is -0.446 e.